The van der Waals surface area contributed by atoms with Crippen molar-refractivity contribution in [2.45, 2.75) is 20.8 Å². The molecular weight excluding hydrogens is 1200 g/mol. The molecule has 97 heavy (non-hydrogen) atoms. The highest BCUT2D eigenvalue weighted by Crippen LogP contribution is 2.38. The van der Waals surface area contributed by atoms with E-state index >= 15 is 0 Å². The van der Waals surface area contributed by atoms with E-state index in [4.69, 9.17) is 32.6 Å². The number of hydrogen-bond donors (Lipinski definition) is 0. The molecule has 0 spiro atoms. The van der Waals surface area contributed by atoms with Crippen molar-refractivity contribution in [3.05, 3.63) is 291 Å². The fourth-order valence-corrected chi connectivity index (χ4v) is 12.5. The second-order valence-electron chi connectivity index (χ2n) is 23.6. The summed E-state index contributed by atoms with van der Waals surface area (Å²) >= 11 is 0. The number of aryl methyl sites for hydroxylation is 3. The van der Waals surface area contributed by atoms with Gasteiger partial charge in [-0.15, -0.1) is 0 Å². The van der Waals surface area contributed by atoms with E-state index in [0.29, 0.717) is 52.4 Å². The van der Waals surface area contributed by atoms with Gasteiger partial charge in [-0.25, -0.2) is 44.9 Å². The molecule has 0 aliphatic rings. The number of aromatic nitrogens is 10. The maximum atomic E-state index is 6.12. The predicted octanol–water partition coefficient (Wildman–Crippen LogP) is 20.9. The molecule has 0 amide bonds. The first kappa shape index (κ1) is 57.7. The van der Waals surface area contributed by atoms with Crippen LogP contribution >= 0.6 is 0 Å². The average molecular weight is 1260 g/mol. The first-order valence-electron chi connectivity index (χ1n) is 31.7. The Labute approximate surface area is 554 Å². The van der Waals surface area contributed by atoms with Crippen LogP contribution < -0.4 is 0 Å². The Kier molecular flexibility index (Phi) is 14.5. The molecule has 0 bridgehead atoms. The monoisotopic (exact) mass is 1250 g/mol. The van der Waals surface area contributed by atoms with Gasteiger partial charge < -0.3 is 17.7 Å². The SMILES string of the molecule is Cc1nc(-c2cc(-c3ccccc3)cc(-c3ccccc3)c2)nc(-c2ccc3c(c2)oc2ccccc23)n1.Cc1nc(-c2ccc3c(c2)oc2ccccc23)nc(-c2ccc3c(c2)oc2ccccc23)n1.Cc1nc(-c2cccnc2)nc(-c2ccc3c(c2)oc2ccccc23)n1. The van der Waals surface area contributed by atoms with Crippen LogP contribution in [0.5, 0.6) is 0 Å². The zero-order valence-electron chi connectivity index (χ0n) is 52.6. The minimum Gasteiger partial charge on any atom is -0.456 e. The lowest BCUT2D eigenvalue weighted by molar-refractivity contribution is 0.668. The summed E-state index contributed by atoms with van der Waals surface area (Å²) in [7, 11) is 0. The standard InChI is InChI=1S/C34H23N3O.C28H17N3O2.C21H14N4O/c1-22-35-33(25-16-17-30-29-14-8-9-15-31(29)38-32(30)21-25)37-34(36-22)28-19-26(23-10-4-2-5-11-23)18-27(20-28)24-12-6-3-7-13-24;1-16-29-27(17-10-12-21-19-6-2-4-8-23(19)32-25(21)14-17)31-28(30-16)18-11-13-22-20-7-3-5-9-24(20)33-26(22)15-18;1-13-23-20(25-21(24-13)15-5-4-10-22-12-15)14-8-9-17-16-6-2-3-7-18(16)26-19(17)11-14/h2-21H,1H3;2-15H,1H3;2-12H,1H3. The van der Waals surface area contributed by atoms with Gasteiger partial charge in [-0.05, 0) is 146 Å². The largest absolute Gasteiger partial charge is 0.456 e. The van der Waals surface area contributed by atoms with Crippen molar-refractivity contribution < 1.29 is 17.7 Å². The zero-order valence-corrected chi connectivity index (χ0v) is 52.6. The highest BCUT2D eigenvalue weighted by molar-refractivity contribution is 6.09. The molecule has 8 heterocycles. The number of pyridine rings is 1. The van der Waals surface area contributed by atoms with Gasteiger partial charge in [0.05, 0.1) is 0 Å². The molecule has 0 aliphatic carbocycles. The van der Waals surface area contributed by atoms with Crippen molar-refractivity contribution in [2.75, 3.05) is 0 Å². The van der Waals surface area contributed by atoms with E-state index in [9.17, 15) is 0 Å². The van der Waals surface area contributed by atoms with Crippen molar-refractivity contribution in [2.24, 2.45) is 0 Å². The van der Waals surface area contributed by atoms with Crippen LogP contribution in [-0.4, -0.2) is 49.8 Å². The van der Waals surface area contributed by atoms with E-state index in [1.54, 1.807) is 12.4 Å². The van der Waals surface area contributed by atoms with Gasteiger partial charge in [-0.1, -0.05) is 158 Å². The number of fused-ring (bicyclic) bond motifs is 12. The van der Waals surface area contributed by atoms with Crippen LogP contribution in [0, 0.1) is 20.8 Å². The van der Waals surface area contributed by atoms with E-state index in [1.165, 1.54) is 0 Å². The summed E-state index contributed by atoms with van der Waals surface area (Å²) in [4.78, 5) is 46.1. The molecular formula is C83H54N10O4. The Hall–Kier alpha value is -13.2. The van der Waals surface area contributed by atoms with Crippen molar-refractivity contribution in [3.63, 3.8) is 0 Å². The molecule has 0 fully saturated rings. The minimum atomic E-state index is 0.615. The van der Waals surface area contributed by atoms with Gasteiger partial charge in [0, 0.05) is 88.9 Å². The molecule has 0 N–H and O–H groups in total. The summed E-state index contributed by atoms with van der Waals surface area (Å²) < 4.78 is 24.2. The summed E-state index contributed by atoms with van der Waals surface area (Å²) in [6.45, 7) is 5.66. The number of para-hydroxylation sites is 4. The molecule has 0 unspecified atom stereocenters. The fraction of sp³-hybridized carbons (Fsp3) is 0.0361. The Morgan fingerprint density at radius 3 is 0.784 bits per heavy atom. The molecule has 8 aromatic heterocycles. The number of benzene rings is 11. The average Bonchev–Trinajstić information content (AvgIpc) is 1.69. The van der Waals surface area contributed by atoms with Crippen LogP contribution in [0.25, 0.3) is 178 Å². The number of hydrogen-bond acceptors (Lipinski definition) is 14. The first-order chi connectivity index (χ1) is 47.7. The first-order valence-corrected chi connectivity index (χ1v) is 31.7. The summed E-state index contributed by atoms with van der Waals surface area (Å²) in [5.74, 6) is 5.73. The van der Waals surface area contributed by atoms with Crippen LogP contribution in [0.4, 0.5) is 0 Å². The normalized spacial score (nSPS) is 11.5. The molecule has 460 valence electrons. The Morgan fingerprint density at radius 2 is 0.464 bits per heavy atom. The van der Waals surface area contributed by atoms with Crippen LogP contribution in [-0.2, 0) is 0 Å². The highest BCUT2D eigenvalue weighted by Gasteiger charge is 2.19. The van der Waals surface area contributed by atoms with Crippen LogP contribution in [0.1, 0.15) is 17.5 Å². The van der Waals surface area contributed by atoms with Gasteiger partial charge in [0.1, 0.15) is 62.1 Å². The lowest BCUT2D eigenvalue weighted by Crippen LogP contribution is -2.00. The molecule has 14 nitrogen and oxygen atoms in total. The van der Waals surface area contributed by atoms with E-state index < -0.39 is 0 Å². The second kappa shape index (κ2) is 24.4. The van der Waals surface area contributed by atoms with Crippen molar-refractivity contribution in [1.29, 1.82) is 0 Å². The molecule has 0 saturated heterocycles. The quantitative estimate of drug-likeness (QED) is 0.140. The molecule has 19 aromatic rings. The third kappa shape index (κ3) is 11.3. The topological polar surface area (TPSA) is 181 Å². The molecule has 0 atom stereocenters. The van der Waals surface area contributed by atoms with Crippen LogP contribution in [0.15, 0.2) is 291 Å². The highest BCUT2D eigenvalue weighted by atomic mass is 16.3. The third-order valence-electron chi connectivity index (χ3n) is 17.1. The predicted molar refractivity (Wildman–Crippen MR) is 384 cm³/mol. The van der Waals surface area contributed by atoms with E-state index in [-0.39, 0.29) is 0 Å². The number of nitrogens with zero attached hydrogens (tertiary/aromatic N) is 10. The van der Waals surface area contributed by atoms with Crippen LogP contribution in [0.3, 0.4) is 0 Å². The summed E-state index contributed by atoms with van der Waals surface area (Å²) in [5.41, 5.74) is 16.7. The Bertz CT molecular complexity index is 6010. The van der Waals surface area contributed by atoms with Gasteiger partial charge in [0.25, 0.3) is 0 Å². The van der Waals surface area contributed by atoms with E-state index in [2.05, 4.69) is 156 Å². The Morgan fingerprint density at radius 1 is 0.196 bits per heavy atom. The molecule has 14 heteroatoms. The summed E-state index contributed by atoms with van der Waals surface area (Å²) in [6, 6.07) is 87.8. The van der Waals surface area contributed by atoms with Gasteiger partial charge >= 0.3 is 0 Å². The fourth-order valence-electron chi connectivity index (χ4n) is 12.5. The van der Waals surface area contributed by atoms with Gasteiger partial charge in [0.2, 0.25) is 0 Å². The molecule has 0 aliphatic heterocycles. The van der Waals surface area contributed by atoms with Crippen molar-refractivity contribution in [1.82, 2.24) is 49.8 Å². The second-order valence-corrected chi connectivity index (χ2v) is 23.6. The summed E-state index contributed by atoms with van der Waals surface area (Å²) in [5, 5.41) is 8.74. The third-order valence-corrected chi connectivity index (χ3v) is 17.1. The maximum absolute atomic E-state index is 6.12. The lowest BCUT2D eigenvalue weighted by Gasteiger charge is -2.11. The van der Waals surface area contributed by atoms with Crippen LogP contribution in [0.2, 0.25) is 0 Å². The minimum absolute atomic E-state index is 0.615. The lowest BCUT2D eigenvalue weighted by atomic mass is 9.96. The van der Waals surface area contributed by atoms with E-state index in [1.807, 2.05) is 160 Å². The molecule has 0 radical (unpaired) electrons. The van der Waals surface area contributed by atoms with Gasteiger partial charge in [0.15, 0.2) is 34.9 Å². The smallest absolute Gasteiger partial charge is 0.165 e. The zero-order chi connectivity index (χ0) is 64.9. The van der Waals surface area contributed by atoms with Crippen molar-refractivity contribution in [3.8, 4) is 90.6 Å². The van der Waals surface area contributed by atoms with Gasteiger partial charge in [-0.3, -0.25) is 4.98 Å². The molecule has 19 rings (SSSR count). The summed E-state index contributed by atoms with van der Waals surface area (Å²) in [6.07, 6.45) is 3.48. The van der Waals surface area contributed by atoms with E-state index in [0.717, 1.165) is 143 Å². The Balaban J connectivity index is 0.000000112. The molecule has 11 aromatic carbocycles. The number of rotatable bonds is 8. The number of furan rings is 4. The molecule has 0 saturated carbocycles. The van der Waals surface area contributed by atoms with Crippen molar-refractivity contribution >= 4 is 87.8 Å². The maximum Gasteiger partial charge on any atom is 0.165 e. The van der Waals surface area contributed by atoms with Gasteiger partial charge in [-0.2, -0.15) is 0 Å².